The van der Waals surface area contributed by atoms with Crippen molar-refractivity contribution < 1.29 is 4.39 Å². The van der Waals surface area contributed by atoms with Crippen molar-refractivity contribution in [1.82, 2.24) is 0 Å². The van der Waals surface area contributed by atoms with Crippen molar-refractivity contribution in [1.29, 1.82) is 0 Å². The summed E-state index contributed by atoms with van der Waals surface area (Å²) in [4.78, 5) is 7.37. The quantitative estimate of drug-likeness (QED) is 0.456. The Labute approximate surface area is 91.5 Å². The number of halogens is 2. The summed E-state index contributed by atoms with van der Waals surface area (Å²) in [5.74, 6) is -0.560. The van der Waals surface area contributed by atoms with Crippen molar-refractivity contribution in [2.75, 3.05) is 12.8 Å². The predicted molar refractivity (Wildman–Crippen MR) is 61.0 cm³/mol. The van der Waals surface area contributed by atoms with E-state index >= 15 is 0 Å². The predicted octanol–water partition coefficient (Wildman–Crippen LogP) is 1.42. The molecule has 15 heavy (non-hydrogen) atoms. The third-order valence-corrected chi connectivity index (χ3v) is 2.02. The summed E-state index contributed by atoms with van der Waals surface area (Å²) in [5, 5.41) is -0.102. The van der Waals surface area contributed by atoms with Gasteiger partial charge in [0.15, 0.2) is 0 Å². The van der Waals surface area contributed by atoms with Gasteiger partial charge in [-0.15, -0.1) is 0 Å². The third kappa shape index (κ3) is 2.66. The maximum Gasteiger partial charge on any atom is 0.144 e. The summed E-state index contributed by atoms with van der Waals surface area (Å²) < 4.78 is 13.2. The number of benzene rings is 1. The molecule has 1 rings (SSSR count). The number of hydrogen-bond acceptors (Lipinski definition) is 2. The summed E-state index contributed by atoms with van der Waals surface area (Å²) in [6.45, 7) is 0. The highest BCUT2D eigenvalue weighted by Gasteiger charge is 2.10. The summed E-state index contributed by atoms with van der Waals surface area (Å²) in [5.41, 5.74) is 11.5. The van der Waals surface area contributed by atoms with Crippen LogP contribution in [0, 0.1) is 5.82 Å². The van der Waals surface area contributed by atoms with Crippen molar-refractivity contribution >= 4 is 29.5 Å². The van der Waals surface area contributed by atoms with E-state index in [1.54, 1.807) is 7.05 Å². The Morgan fingerprint density at radius 2 is 2.20 bits per heavy atom. The fourth-order valence-corrected chi connectivity index (χ4v) is 1.19. The van der Waals surface area contributed by atoms with Crippen molar-refractivity contribution in [3.05, 3.63) is 28.5 Å². The second-order valence-electron chi connectivity index (χ2n) is 2.75. The fraction of sp³-hybridized carbons (Fsp3) is 0.111. The molecule has 0 aliphatic heterocycles. The van der Waals surface area contributed by atoms with Crippen LogP contribution in [0.4, 0.5) is 10.1 Å². The van der Waals surface area contributed by atoms with Gasteiger partial charge in [0.1, 0.15) is 18.0 Å². The lowest BCUT2D eigenvalue weighted by Crippen LogP contribution is -2.15. The zero-order valence-corrected chi connectivity index (χ0v) is 8.79. The Balaban J connectivity index is 3.25. The van der Waals surface area contributed by atoms with Crippen molar-refractivity contribution in [3.63, 3.8) is 0 Å². The van der Waals surface area contributed by atoms with E-state index in [-0.39, 0.29) is 22.1 Å². The number of rotatable bonds is 2. The number of aliphatic imine (C=N–C) groups is 2. The molecule has 0 fully saturated rings. The van der Waals surface area contributed by atoms with Crippen LogP contribution >= 0.6 is 11.6 Å². The van der Waals surface area contributed by atoms with Crippen LogP contribution in [0.2, 0.25) is 5.02 Å². The minimum Gasteiger partial charge on any atom is -0.399 e. The molecule has 0 atom stereocenters. The van der Waals surface area contributed by atoms with Gasteiger partial charge in [-0.2, -0.15) is 0 Å². The lowest BCUT2D eigenvalue weighted by molar-refractivity contribution is 0.628. The van der Waals surface area contributed by atoms with Gasteiger partial charge < -0.3 is 11.5 Å². The van der Waals surface area contributed by atoms with Crippen LogP contribution in [-0.4, -0.2) is 19.2 Å². The van der Waals surface area contributed by atoms with Gasteiger partial charge in [0, 0.05) is 18.3 Å². The maximum atomic E-state index is 13.2. The molecule has 6 heteroatoms. The molecule has 4 nitrogen and oxygen atoms in total. The van der Waals surface area contributed by atoms with Gasteiger partial charge in [0.05, 0.1) is 5.02 Å². The molecule has 0 saturated carbocycles. The van der Waals surface area contributed by atoms with Crippen LogP contribution in [0.5, 0.6) is 0 Å². The lowest BCUT2D eigenvalue weighted by atomic mass is 10.2. The first-order valence-electron chi connectivity index (χ1n) is 4.05. The van der Waals surface area contributed by atoms with Crippen molar-refractivity contribution in [3.8, 4) is 0 Å². The Kier molecular flexibility index (Phi) is 3.62. The molecule has 4 N–H and O–H groups in total. The molecule has 0 aromatic heterocycles. The van der Waals surface area contributed by atoms with Crippen molar-refractivity contribution in [2.45, 2.75) is 0 Å². The van der Waals surface area contributed by atoms with Crippen molar-refractivity contribution in [2.24, 2.45) is 15.7 Å². The number of amidine groups is 1. The van der Waals surface area contributed by atoms with E-state index in [4.69, 9.17) is 23.1 Å². The molecule has 0 bridgehead atoms. The summed E-state index contributed by atoms with van der Waals surface area (Å²) in [7, 11) is 1.54. The number of nitrogen functional groups attached to an aromatic ring is 1. The van der Waals surface area contributed by atoms with Gasteiger partial charge in [-0.1, -0.05) is 11.6 Å². The highest BCUT2D eigenvalue weighted by Crippen LogP contribution is 2.22. The smallest absolute Gasteiger partial charge is 0.144 e. The molecule has 1 aromatic rings. The zero-order valence-electron chi connectivity index (χ0n) is 8.04. The highest BCUT2D eigenvalue weighted by atomic mass is 35.5. The average molecular weight is 229 g/mol. The molecule has 1 aromatic carbocycles. The van der Waals surface area contributed by atoms with Crippen LogP contribution in [0.15, 0.2) is 22.1 Å². The van der Waals surface area contributed by atoms with Gasteiger partial charge >= 0.3 is 0 Å². The normalized spacial score (nSPS) is 12.3. The van der Waals surface area contributed by atoms with Gasteiger partial charge in [0.25, 0.3) is 0 Å². The van der Waals surface area contributed by atoms with E-state index in [0.29, 0.717) is 0 Å². The molecule has 80 valence electrons. The van der Waals surface area contributed by atoms with E-state index in [2.05, 4.69) is 9.98 Å². The molecule has 0 saturated heterocycles. The second kappa shape index (κ2) is 4.75. The average Bonchev–Trinajstić information content (AvgIpc) is 2.19. The van der Waals surface area contributed by atoms with Crippen LogP contribution in [0.1, 0.15) is 5.56 Å². The molecule has 0 radical (unpaired) electrons. The van der Waals surface area contributed by atoms with Gasteiger partial charge in [0.2, 0.25) is 0 Å². The molecule has 0 unspecified atom stereocenters. The van der Waals surface area contributed by atoms with E-state index in [1.165, 1.54) is 12.4 Å². The Bertz CT molecular complexity index is 428. The Hall–Kier alpha value is -1.62. The summed E-state index contributed by atoms with van der Waals surface area (Å²) >= 11 is 5.70. The van der Waals surface area contributed by atoms with Crippen LogP contribution in [0.25, 0.3) is 0 Å². The minimum atomic E-state index is -0.627. The highest BCUT2D eigenvalue weighted by molar-refractivity contribution is 6.34. The largest absolute Gasteiger partial charge is 0.399 e. The summed E-state index contributed by atoms with van der Waals surface area (Å²) in [6, 6.07) is 2.57. The zero-order chi connectivity index (χ0) is 11.4. The third-order valence-electron chi connectivity index (χ3n) is 1.64. The summed E-state index contributed by atoms with van der Waals surface area (Å²) in [6.07, 6.45) is 1.24. The van der Waals surface area contributed by atoms with E-state index in [9.17, 15) is 4.39 Å². The number of anilines is 1. The molecular weight excluding hydrogens is 219 g/mol. The van der Waals surface area contributed by atoms with Gasteiger partial charge in [-0.05, 0) is 12.1 Å². The van der Waals surface area contributed by atoms with Crippen LogP contribution < -0.4 is 11.5 Å². The Morgan fingerprint density at radius 3 is 2.80 bits per heavy atom. The topological polar surface area (TPSA) is 76.8 Å². The fourth-order valence-electron chi connectivity index (χ4n) is 0.986. The van der Waals surface area contributed by atoms with Crippen LogP contribution in [0.3, 0.4) is 0 Å². The second-order valence-corrected chi connectivity index (χ2v) is 3.13. The maximum absolute atomic E-state index is 13.2. The lowest BCUT2D eigenvalue weighted by Gasteiger charge is -2.05. The van der Waals surface area contributed by atoms with E-state index < -0.39 is 5.82 Å². The van der Waals surface area contributed by atoms with Gasteiger partial charge in [-0.3, -0.25) is 4.99 Å². The first-order valence-corrected chi connectivity index (χ1v) is 4.43. The molecule has 0 aliphatic carbocycles. The number of nitrogens with zero attached hydrogens (tertiary/aromatic N) is 2. The number of hydrogen-bond donors (Lipinski definition) is 2. The Morgan fingerprint density at radius 1 is 1.53 bits per heavy atom. The number of nitrogens with two attached hydrogens (primary N) is 2. The van der Waals surface area contributed by atoms with E-state index in [1.807, 2.05) is 0 Å². The molecular formula is C9H10ClFN4. The molecule has 0 amide bonds. The molecule has 0 spiro atoms. The minimum absolute atomic E-state index is 0.0665. The van der Waals surface area contributed by atoms with Gasteiger partial charge in [-0.25, -0.2) is 9.38 Å². The van der Waals surface area contributed by atoms with E-state index in [0.717, 1.165) is 6.07 Å². The first-order chi connectivity index (χ1) is 7.06. The SMILES string of the molecule is CN=CN=C(N)c1cc(N)cc(F)c1Cl. The monoisotopic (exact) mass is 228 g/mol. The first kappa shape index (κ1) is 11.5. The molecule has 0 aliphatic rings. The van der Waals surface area contributed by atoms with Crippen LogP contribution in [-0.2, 0) is 0 Å². The molecule has 0 heterocycles. The standard InChI is InChI=1S/C9H10ClFN4/c1-14-4-15-9(13)6-2-5(12)3-7(11)8(6)10/h2-4H,12H2,1H3,(H2,13,14,15).